The van der Waals surface area contributed by atoms with Gasteiger partial charge in [-0.05, 0) is 18.2 Å². The van der Waals surface area contributed by atoms with Crippen LogP contribution in [0.5, 0.6) is 0 Å². The summed E-state index contributed by atoms with van der Waals surface area (Å²) in [7, 11) is -3.49. The third-order valence-electron chi connectivity index (χ3n) is 1.34. The molecule has 78 valence electrons. The second kappa shape index (κ2) is 4.70. The lowest BCUT2D eigenvalue weighted by Gasteiger charge is -2.06. The normalized spacial score (nSPS) is 11.4. The molecule has 0 bridgehead atoms. The van der Waals surface area contributed by atoms with Crippen LogP contribution in [0.15, 0.2) is 22.7 Å². The van der Waals surface area contributed by atoms with Crippen LogP contribution in [0.2, 0.25) is 5.02 Å². The van der Waals surface area contributed by atoms with Crippen molar-refractivity contribution >= 4 is 54.8 Å². The molecule has 1 rings (SSSR count). The number of rotatable bonds is 3. The van der Waals surface area contributed by atoms with Crippen molar-refractivity contribution in [1.82, 2.24) is 0 Å². The SMILES string of the molecule is O=S(=O)(CCl)Nc1ccc(Br)cc1Cl. The largest absolute Gasteiger partial charge is 0.281 e. The van der Waals surface area contributed by atoms with Crippen molar-refractivity contribution in [2.45, 2.75) is 0 Å². The van der Waals surface area contributed by atoms with E-state index in [0.717, 1.165) is 4.47 Å². The third-order valence-corrected chi connectivity index (χ3v) is 3.83. The van der Waals surface area contributed by atoms with Gasteiger partial charge in [-0.2, -0.15) is 0 Å². The maximum atomic E-state index is 11.1. The molecule has 0 unspecified atom stereocenters. The summed E-state index contributed by atoms with van der Waals surface area (Å²) in [5, 5.41) is -0.188. The highest BCUT2D eigenvalue weighted by molar-refractivity contribution is 9.10. The van der Waals surface area contributed by atoms with E-state index >= 15 is 0 Å². The fraction of sp³-hybridized carbons (Fsp3) is 0.143. The summed E-state index contributed by atoms with van der Waals surface area (Å²) in [6.07, 6.45) is 0. The Labute approximate surface area is 101 Å². The summed E-state index contributed by atoms with van der Waals surface area (Å²) in [6.45, 7) is 0. The first-order valence-electron chi connectivity index (χ1n) is 3.46. The summed E-state index contributed by atoms with van der Waals surface area (Å²) < 4.78 is 25.2. The Morgan fingerprint density at radius 2 is 2.07 bits per heavy atom. The summed E-state index contributed by atoms with van der Waals surface area (Å²) in [5.41, 5.74) is 0.315. The fourth-order valence-corrected chi connectivity index (χ4v) is 2.28. The molecular weight excluding hydrogens is 313 g/mol. The predicted octanol–water partition coefficient (Wildman–Crippen LogP) is 3.04. The summed E-state index contributed by atoms with van der Waals surface area (Å²) in [5.74, 6) is 0. The molecule has 0 aliphatic heterocycles. The van der Waals surface area contributed by atoms with E-state index in [-0.39, 0.29) is 0 Å². The van der Waals surface area contributed by atoms with Gasteiger partial charge in [0.15, 0.2) is 0 Å². The third kappa shape index (κ3) is 3.31. The molecule has 3 nitrogen and oxygen atoms in total. The zero-order valence-corrected chi connectivity index (χ0v) is 10.7. The number of anilines is 1. The number of benzene rings is 1. The minimum Gasteiger partial charge on any atom is -0.281 e. The average Bonchev–Trinajstić information content (AvgIpc) is 2.10. The van der Waals surface area contributed by atoms with E-state index in [1.54, 1.807) is 18.2 Å². The Hall–Kier alpha value is 0.0300. The van der Waals surface area contributed by atoms with Gasteiger partial charge in [-0.3, -0.25) is 4.72 Å². The van der Waals surface area contributed by atoms with E-state index in [0.29, 0.717) is 10.7 Å². The summed E-state index contributed by atoms with van der Waals surface area (Å²) in [4.78, 5) is 0. The summed E-state index contributed by atoms with van der Waals surface area (Å²) >= 11 is 14.2. The van der Waals surface area contributed by atoms with Gasteiger partial charge in [-0.25, -0.2) is 8.42 Å². The molecule has 0 aliphatic carbocycles. The first-order chi connectivity index (χ1) is 6.44. The van der Waals surface area contributed by atoms with E-state index in [1.165, 1.54) is 0 Å². The van der Waals surface area contributed by atoms with Gasteiger partial charge in [0.2, 0.25) is 10.0 Å². The van der Waals surface area contributed by atoms with Crippen molar-refractivity contribution < 1.29 is 8.42 Å². The van der Waals surface area contributed by atoms with Crippen LogP contribution < -0.4 is 4.72 Å². The van der Waals surface area contributed by atoms with Crippen LogP contribution in [0, 0.1) is 0 Å². The first-order valence-corrected chi connectivity index (χ1v) is 6.82. The molecule has 0 heterocycles. The first kappa shape index (κ1) is 12.1. The smallest absolute Gasteiger partial charge is 0.246 e. The molecule has 0 fully saturated rings. The monoisotopic (exact) mass is 317 g/mol. The number of hydrogen-bond donors (Lipinski definition) is 1. The quantitative estimate of drug-likeness (QED) is 0.871. The van der Waals surface area contributed by atoms with E-state index in [4.69, 9.17) is 23.2 Å². The fourth-order valence-electron chi connectivity index (χ4n) is 0.767. The number of hydrogen-bond acceptors (Lipinski definition) is 2. The topological polar surface area (TPSA) is 46.2 Å². The summed E-state index contributed by atoms with van der Waals surface area (Å²) in [6, 6.07) is 4.82. The lowest BCUT2D eigenvalue weighted by molar-refractivity contribution is 0.605. The molecule has 7 heteroatoms. The van der Waals surface area contributed by atoms with E-state index in [2.05, 4.69) is 20.7 Å². The number of nitrogens with one attached hydrogen (secondary N) is 1. The van der Waals surface area contributed by atoms with Crippen LogP contribution in [0.3, 0.4) is 0 Å². The lowest BCUT2D eigenvalue weighted by atomic mass is 10.3. The number of halogens is 3. The maximum absolute atomic E-state index is 11.1. The minimum absolute atomic E-state index is 0.313. The highest BCUT2D eigenvalue weighted by atomic mass is 79.9. The van der Waals surface area contributed by atoms with E-state index in [1.807, 2.05) is 0 Å². The Kier molecular flexibility index (Phi) is 4.06. The van der Waals surface area contributed by atoms with Crippen LogP contribution in [-0.4, -0.2) is 13.6 Å². The highest BCUT2D eigenvalue weighted by Gasteiger charge is 2.10. The molecular formula is C7H6BrCl2NO2S. The van der Waals surface area contributed by atoms with Gasteiger partial charge in [-0.1, -0.05) is 27.5 Å². The zero-order valence-electron chi connectivity index (χ0n) is 6.80. The van der Waals surface area contributed by atoms with Crippen molar-refractivity contribution in [3.05, 3.63) is 27.7 Å². The van der Waals surface area contributed by atoms with Gasteiger partial charge in [-0.15, -0.1) is 11.6 Å². The van der Waals surface area contributed by atoms with Crippen LogP contribution in [-0.2, 0) is 10.0 Å². The molecule has 0 saturated carbocycles. The van der Waals surface area contributed by atoms with Gasteiger partial charge < -0.3 is 0 Å². The van der Waals surface area contributed by atoms with Crippen molar-refractivity contribution in [3.63, 3.8) is 0 Å². The molecule has 1 aromatic carbocycles. The molecule has 0 aromatic heterocycles. The molecule has 0 aliphatic rings. The van der Waals surface area contributed by atoms with Crippen molar-refractivity contribution in [2.75, 3.05) is 9.93 Å². The van der Waals surface area contributed by atoms with Crippen LogP contribution >= 0.6 is 39.1 Å². The molecule has 0 atom stereocenters. The standard InChI is InChI=1S/C7H6BrCl2NO2S/c8-5-1-2-7(6(10)3-5)11-14(12,13)4-9/h1-3,11H,4H2. The van der Waals surface area contributed by atoms with Gasteiger partial charge >= 0.3 is 0 Å². The Balaban J connectivity index is 2.99. The van der Waals surface area contributed by atoms with Crippen molar-refractivity contribution in [2.24, 2.45) is 0 Å². The van der Waals surface area contributed by atoms with Gasteiger partial charge in [0.1, 0.15) is 5.21 Å². The Morgan fingerprint density at radius 3 is 2.57 bits per heavy atom. The van der Waals surface area contributed by atoms with Crippen molar-refractivity contribution in [1.29, 1.82) is 0 Å². The second-order valence-electron chi connectivity index (χ2n) is 2.45. The van der Waals surface area contributed by atoms with Crippen LogP contribution in [0.1, 0.15) is 0 Å². The van der Waals surface area contributed by atoms with E-state index in [9.17, 15) is 8.42 Å². The number of alkyl halides is 1. The molecule has 0 saturated heterocycles. The van der Waals surface area contributed by atoms with E-state index < -0.39 is 15.2 Å². The zero-order chi connectivity index (χ0) is 10.8. The lowest BCUT2D eigenvalue weighted by Crippen LogP contribution is -2.13. The minimum atomic E-state index is -3.49. The molecule has 0 radical (unpaired) electrons. The molecule has 1 aromatic rings. The molecule has 1 N–H and O–H groups in total. The van der Waals surface area contributed by atoms with Gasteiger partial charge in [0.25, 0.3) is 0 Å². The van der Waals surface area contributed by atoms with Gasteiger partial charge in [0, 0.05) is 4.47 Å². The van der Waals surface area contributed by atoms with Gasteiger partial charge in [0.05, 0.1) is 10.7 Å². The second-order valence-corrected chi connectivity index (χ2v) is 6.08. The van der Waals surface area contributed by atoms with Crippen LogP contribution in [0.4, 0.5) is 5.69 Å². The molecule has 14 heavy (non-hydrogen) atoms. The van der Waals surface area contributed by atoms with Crippen LogP contribution in [0.25, 0.3) is 0 Å². The Bertz CT molecular complexity index is 435. The molecule has 0 spiro atoms. The Morgan fingerprint density at radius 1 is 1.43 bits per heavy atom. The average molecular weight is 319 g/mol. The number of sulfonamides is 1. The molecule has 0 amide bonds. The maximum Gasteiger partial charge on any atom is 0.246 e. The highest BCUT2D eigenvalue weighted by Crippen LogP contribution is 2.26. The predicted molar refractivity (Wildman–Crippen MR) is 62.4 cm³/mol. The van der Waals surface area contributed by atoms with Crippen molar-refractivity contribution in [3.8, 4) is 0 Å².